The maximum atomic E-state index is 12.3. The second kappa shape index (κ2) is 7.88. The second-order valence-electron chi connectivity index (χ2n) is 6.04. The van der Waals surface area contributed by atoms with E-state index in [1.807, 2.05) is 6.92 Å². The van der Waals surface area contributed by atoms with Crippen LogP contribution in [0.3, 0.4) is 0 Å². The van der Waals surface area contributed by atoms with Gasteiger partial charge in [-0.05, 0) is 19.4 Å². The largest absolute Gasteiger partial charge is 0.379 e. The molecule has 1 aromatic carbocycles. The number of nitrogens with one attached hydrogen (secondary N) is 1. The molecule has 5 nitrogen and oxygen atoms in total. The number of aryl methyl sites for hydroxylation is 2. The van der Waals surface area contributed by atoms with E-state index in [0.717, 1.165) is 31.3 Å². The molecule has 3 rings (SSSR count). The van der Waals surface area contributed by atoms with Crippen LogP contribution < -0.4 is 5.32 Å². The van der Waals surface area contributed by atoms with E-state index in [0.29, 0.717) is 12.2 Å². The van der Waals surface area contributed by atoms with Crippen LogP contribution in [0.15, 0.2) is 29.6 Å². The van der Waals surface area contributed by atoms with Gasteiger partial charge in [0.05, 0.1) is 24.3 Å². The van der Waals surface area contributed by atoms with E-state index < -0.39 is 0 Å². The minimum absolute atomic E-state index is 0.106. The van der Waals surface area contributed by atoms with Crippen LogP contribution in [-0.2, 0) is 4.74 Å². The smallest absolute Gasteiger partial charge is 0.270 e. The first-order valence-electron chi connectivity index (χ1n) is 8.22. The summed E-state index contributed by atoms with van der Waals surface area (Å²) in [5.74, 6) is -0.106. The van der Waals surface area contributed by atoms with E-state index in [9.17, 15) is 4.79 Å². The first-order chi connectivity index (χ1) is 11.6. The normalized spacial score (nSPS) is 16.8. The van der Waals surface area contributed by atoms with Gasteiger partial charge in [-0.25, -0.2) is 4.98 Å². The highest BCUT2D eigenvalue weighted by atomic mass is 32.1. The first-order valence-corrected chi connectivity index (χ1v) is 9.10. The third kappa shape index (κ3) is 4.20. The van der Waals surface area contributed by atoms with Gasteiger partial charge in [-0.15, -0.1) is 11.3 Å². The molecule has 0 spiro atoms. The average Bonchev–Trinajstić information content (AvgIpc) is 3.02. The lowest BCUT2D eigenvalue weighted by molar-refractivity contribution is 0.0162. The zero-order valence-corrected chi connectivity index (χ0v) is 14.9. The molecule has 128 valence electrons. The predicted octanol–water partition coefficient (Wildman–Crippen LogP) is 2.56. The molecule has 1 unspecified atom stereocenters. The maximum absolute atomic E-state index is 12.3. The van der Waals surface area contributed by atoms with Crippen molar-refractivity contribution < 1.29 is 9.53 Å². The van der Waals surface area contributed by atoms with Gasteiger partial charge in [0, 0.05) is 25.0 Å². The van der Waals surface area contributed by atoms with E-state index in [1.165, 1.54) is 22.5 Å². The lowest BCUT2D eigenvalue weighted by Gasteiger charge is -2.35. The summed E-state index contributed by atoms with van der Waals surface area (Å²) in [4.78, 5) is 19.0. The maximum Gasteiger partial charge on any atom is 0.270 e. The van der Waals surface area contributed by atoms with Gasteiger partial charge in [-0.2, -0.15) is 0 Å². The van der Waals surface area contributed by atoms with Crippen LogP contribution in [0.4, 0.5) is 0 Å². The number of rotatable bonds is 5. The van der Waals surface area contributed by atoms with Gasteiger partial charge in [0.2, 0.25) is 0 Å². The number of nitrogens with zero attached hydrogens (tertiary/aromatic N) is 2. The van der Waals surface area contributed by atoms with Crippen molar-refractivity contribution in [3.8, 4) is 0 Å². The van der Waals surface area contributed by atoms with Gasteiger partial charge in [0.1, 0.15) is 5.69 Å². The van der Waals surface area contributed by atoms with E-state index in [2.05, 4.69) is 46.4 Å². The number of amides is 1. The Hall–Kier alpha value is -1.76. The van der Waals surface area contributed by atoms with Crippen molar-refractivity contribution in [3.05, 3.63) is 51.5 Å². The highest BCUT2D eigenvalue weighted by molar-refractivity contribution is 7.09. The Kier molecular flexibility index (Phi) is 5.60. The zero-order valence-electron chi connectivity index (χ0n) is 14.1. The summed E-state index contributed by atoms with van der Waals surface area (Å²) in [6, 6.07) is 8.64. The summed E-state index contributed by atoms with van der Waals surface area (Å²) < 4.78 is 5.47. The van der Waals surface area contributed by atoms with E-state index >= 15 is 0 Å². The van der Waals surface area contributed by atoms with Crippen molar-refractivity contribution in [2.75, 3.05) is 32.8 Å². The fraction of sp³-hybridized carbons (Fsp3) is 0.444. The topological polar surface area (TPSA) is 54.5 Å². The molecule has 6 heteroatoms. The Morgan fingerprint density at radius 3 is 2.83 bits per heavy atom. The lowest BCUT2D eigenvalue weighted by atomic mass is 10.0. The molecule has 2 heterocycles. The predicted molar refractivity (Wildman–Crippen MR) is 95.5 cm³/mol. The molecule has 1 aliphatic rings. The van der Waals surface area contributed by atoms with Crippen LogP contribution in [0.5, 0.6) is 0 Å². The van der Waals surface area contributed by atoms with Crippen LogP contribution in [0.1, 0.15) is 32.7 Å². The van der Waals surface area contributed by atoms with Crippen LogP contribution in [0.25, 0.3) is 0 Å². The van der Waals surface area contributed by atoms with Crippen LogP contribution in [0.2, 0.25) is 0 Å². The zero-order chi connectivity index (χ0) is 16.9. The Morgan fingerprint density at radius 2 is 2.17 bits per heavy atom. The Morgan fingerprint density at radius 1 is 1.38 bits per heavy atom. The molecule has 1 fully saturated rings. The number of hydrogen-bond donors (Lipinski definition) is 1. The van der Waals surface area contributed by atoms with E-state index in [4.69, 9.17) is 4.74 Å². The summed E-state index contributed by atoms with van der Waals surface area (Å²) in [7, 11) is 0. The number of carbonyl (C=O) groups is 1. The van der Waals surface area contributed by atoms with Gasteiger partial charge < -0.3 is 10.1 Å². The number of benzene rings is 1. The molecule has 0 bridgehead atoms. The fourth-order valence-electron chi connectivity index (χ4n) is 2.97. The van der Waals surface area contributed by atoms with Crippen LogP contribution in [-0.4, -0.2) is 48.6 Å². The van der Waals surface area contributed by atoms with Crippen molar-refractivity contribution >= 4 is 17.2 Å². The molecule has 1 amide bonds. The van der Waals surface area contributed by atoms with Gasteiger partial charge in [-0.3, -0.25) is 9.69 Å². The minimum Gasteiger partial charge on any atom is -0.379 e. The van der Waals surface area contributed by atoms with Crippen LogP contribution >= 0.6 is 11.3 Å². The molecule has 1 N–H and O–H groups in total. The molecule has 0 aliphatic carbocycles. The Bertz CT molecular complexity index is 695. The minimum atomic E-state index is -0.106. The van der Waals surface area contributed by atoms with Gasteiger partial charge in [0.15, 0.2) is 0 Å². The van der Waals surface area contributed by atoms with Gasteiger partial charge in [0.25, 0.3) is 5.91 Å². The number of ether oxygens (including phenoxy) is 1. The molecule has 1 atom stereocenters. The highest BCUT2D eigenvalue weighted by Gasteiger charge is 2.23. The molecule has 1 aromatic heterocycles. The number of thiazole rings is 1. The molecule has 0 saturated carbocycles. The number of morpholine rings is 1. The SMILES string of the molecule is Cc1cccc(C(CNC(=O)c2csc(C)n2)N2CCOCC2)c1. The lowest BCUT2D eigenvalue weighted by Crippen LogP contribution is -2.43. The number of hydrogen-bond acceptors (Lipinski definition) is 5. The number of aromatic nitrogens is 1. The summed E-state index contributed by atoms with van der Waals surface area (Å²) in [5, 5.41) is 5.76. The van der Waals surface area contributed by atoms with Gasteiger partial charge in [-0.1, -0.05) is 29.8 Å². The van der Waals surface area contributed by atoms with Crippen molar-refractivity contribution in [3.63, 3.8) is 0 Å². The van der Waals surface area contributed by atoms with E-state index in [1.54, 1.807) is 5.38 Å². The monoisotopic (exact) mass is 345 g/mol. The summed E-state index contributed by atoms with van der Waals surface area (Å²) in [6.45, 7) is 7.80. The molecule has 2 aromatic rings. The molecule has 24 heavy (non-hydrogen) atoms. The molecule has 0 radical (unpaired) electrons. The molecule has 1 aliphatic heterocycles. The highest BCUT2D eigenvalue weighted by Crippen LogP contribution is 2.22. The summed E-state index contributed by atoms with van der Waals surface area (Å²) in [6.07, 6.45) is 0. The standard InChI is InChI=1S/C18H23N3O2S/c1-13-4-3-5-15(10-13)17(21-6-8-23-9-7-21)11-19-18(22)16-12-24-14(2)20-16/h3-5,10,12,17H,6-9,11H2,1-2H3,(H,19,22). The fourth-order valence-corrected chi connectivity index (χ4v) is 3.56. The number of carbonyl (C=O) groups excluding carboxylic acids is 1. The van der Waals surface area contributed by atoms with E-state index in [-0.39, 0.29) is 11.9 Å². The van der Waals surface area contributed by atoms with Crippen molar-refractivity contribution in [1.29, 1.82) is 0 Å². The van der Waals surface area contributed by atoms with Gasteiger partial charge >= 0.3 is 0 Å². The first kappa shape index (κ1) is 17.1. The third-order valence-electron chi connectivity index (χ3n) is 4.22. The van der Waals surface area contributed by atoms with Crippen molar-refractivity contribution in [1.82, 2.24) is 15.2 Å². The Balaban J connectivity index is 1.73. The molecular formula is C18H23N3O2S. The summed E-state index contributed by atoms with van der Waals surface area (Å²) in [5.41, 5.74) is 2.96. The van der Waals surface area contributed by atoms with Crippen molar-refractivity contribution in [2.24, 2.45) is 0 Å². The second-order valence-corrected chi connectivity index (χ2v) is 7.10. The molecular weight excluding hydrogens is 322 g/mol. The summed E-state index contributed by atoms with van der Waals surface area (Å²) >= 11 is 1.49. The average molecular weight is 345 g/mol. The van der Waals surface area contributed by atoms with Crippen LogP contribution in [0, 0.1) is 13.8 Å². The third-order valence-corrected chi connectivity index (χ3v) is 4.99. The van der Waals surface area contributed by atoms with Crippen molar-refractivity contribution in [2.45, 2.75) is 19.9 Å². The molecule has 1 saturated heterocycles. The quantitative estimate of drug-likeness (QED) is 0.905. The Labute approximate surface area is 146 Å².